The SMILES string of the molecule is Cc1cc([C@H](N=C(N)C(N)=Nc2csc(S(=O)(=O)N(C)C)c2O)C(C)C)oc1C. The van der Waals surface area contributed by atoms with Gasteiger partial charge in [0.05, 0.1) is 0 Å². The van der Waals surface area contributed by atoms with Crippen molar-refractivity contribution in [3.63, 3.8) is 0 Å². The number of rotatable bonds is 6. The van der Waals surface area contributed by atoms with Crippen LogP contribution in [-0.4, -0.2) is 43.6 Å². The molecule has 0 aliphatic heterocycles. The zero-order chi connectivity index (χ0) is 22.1. The van der Waals surface area contributed by atoms with Crippen LogP contribution in [0.1, 0.15) is 37.0 Å². The molecule has 0 spiro atoms. The second-order valence-corrected chi connectivity index (χ2v) is 10.4. The molecule has 1 atom stereocenters. The summed E-state index contributed by atoms with van der Waals surface area (Å²) in [5.74, 6) is 0.924. The molecule has 0 aliphatic rings. The Bertz CT molecular complexity index is 1030. The number of hydrogen-bond acceptors (Lipinski definition) is 7. The van der Waals surface area contributed by atoms with Crippen LogP contribution in [0.5, 0.6) is 5.75 Å². The summed E-state index contributed by atoms with van der Waals surface area (Å²) in [7, 11) is -1.04. The van der Waals surface area contributed by atoms with Crippen LogP contribution in [0, 0.1) is 19.8 Å². The number of aromatic hydroxyl groups is 1. The Kier molecular flexibility index (Phi) is 6.76. The van der Waals surface area contributed by atoms with Gasteiger partial charge in [-0.05, 0) is 31.4 Å². The second kappa shape index (κ2) is 8.56. The van der Waals surface area contributed by atoms with E-state index in [1.807, 2.05) is 33.8 Å². The molecule has 2 aromatic rings. The highest BCUT2D eigenvalue weighted by Crippen LogP contribution is 2.40. The van der Waals surface area contributed by atoms with Crippen LogP contribution in [0.2, 0.25) is 0 Å². The van der Waals surface area contributed by atoms with Crippen LogP contribution in [-0.2, 0) is 10.0 Å². The fourth-order valence-corrected chi connectivity index (χ4v) is 4.80. The molecular weight excluding hydrogens is 414 g/mol. The van der Waals surface area contributed by atoms with Gasteiger partial charge in [-0.25, -0.2) is 17.7 Å². The second-order valence-electron chi connectivity index (χ2n) is 7.13. The summed E-state index contributed by atoms with van der Waals surface area (Å²) in [4.78, 5) is 8.52. The maximum atomic E-state index is 12.2. The van der Waals surface area contributed by atoms with E-state index in [-0.39, 0.29) is 33.5 Å². The first-order chi connectivity index (χ1) is 13.4. The lowest BCUT2D eigenvalue weighted by Gasteiger charge is -2.15. The third kappa shape index (κ3) is 4.80. The number of sulfonamides is 1. The Hall–Kier alpha value is -2.37. The van der Waals surface area contributed by atoms with Crippen molar-refractivity contribution < 1.29 is 17.9 Å². The molecule has 160 valence electrons. The Morgan fingerprint density at radius 2 is 1.86 bits per heavy atom. The Balaban J connectivity index is 2.39. The van der Waals surface area contributed by atoms with Crippen LogP contribution >= 0.6 is 11.3 Å². The van der Waals surface area contributed by atoms with E-state index >= 15 is 0 Å². The molecule has 0 saturated carbocycles. The highest BCUT2D eigenvalue weighted by molar-refractivity contribution is 7.91. The van der Waals surface area contributed by atoms with Gasteiger partial charge in [0.2, 0.25) is 0 Å². The molecule has 0 fully saturated rings. The minimum absolute atomic E-state index is 0.0110. The van der Waals surface area contributed by atoms with Gasteiger partial charge in [-0.15, -0.1) is 11.3 Å². The molecule has 0 amide bonds. The van der Waals surface area contributed by atoms with Gasteiger partial charge in [0.15, 0.2) is 21.6 Å². The predicted molar refractivity (Wildman–Crippen MR) is 116 cm³/mol. The topological polar surface area (TPSA) is 148 Å². The van der Waals surface area contributed by atoms with Crippen molar-refractivity contribution in [2.45, 2.75) is 37.9 Å². The van der Waals surface area contributed by atoms with Crippen LogP contribution in [0.15, 0.2) is 30.1 Å². The van der Waals surface area contributed by atoms with Gasteiger partial charge in [-0.2, -0.15) is 0 Å². The summed E-state index contributed by atoms with van der Waals surface area (Å²) in [6, 6.07) is 1.55. The monoisotopic (exact) mass is 441 g/mol. The zero-order valence-corrected chi connectivity index (χ0v) is 18.9. The molecule has 0 bridgehead atoms. The molecule has 0 radical (unpaired) electrons. The molecule has 29 heavy (non-hydrogen) atoms. The molecule has 2 rings (SSSR count). The van der Waals surface area contributed by atoms with E-state index < -0.39 is 15.8 Å². The number of aliphatic imine (C=N–C) groups is 2. The predicted octanol–water partition coefficient (Wildman–Crippen LogP) is 2.66. The highest BCUT2D eigenvalue weighted by Gasteiger charge is 2.26. The van der Waals surface area contributed by atoms with Crippen molar-refractivity contribution in [2.75, 3.05) is 14.1 Å². The summed E-state index contributed by atoms with van der Waals surface area (Å²) < 4.78 is 31.0. The van der Waals surface area contributed by atoms with E-state index in [4.69, 9.17) is 15.9 Å². The van der Waals surface area contributed by atoms with Crippen molar-refractivity contribution in [3.05, 3.63) is 28.5 Å². The zero-order valence-electron chi connectivity index (χ0n) is 17.3. The van der Waals surface area contributed by atoms with E-state index in [2.05, 4.69) is 9.98 Å². The quantitative estimate of drug-likeness (QED) is 0.464. The number of thiophene rings is 1. The van der Waals surface area contributed by atoms with Crippen molar-refractivity contribution in [1.29, 1.82) is 0 Å². The van der Waals surface area contributed by atoms with Crippen LogP contribution < -0.4 is 11.5 Å². The first-order valence-corrected chi connectivity index (χ1v) is 11.2. The van der Waals surface area contributed by atoms with Crippen molar-refractivity contribution in [3.8, 4) is 5.75 Å². The summed E-state index contributed by atoms with van der Waals surface area (Å²) in [6.07, 6.45) is 0. The summed E-state index contributed by atoms with van der Waals surface area (Å²) >= 11 is 0.847. The molecule has 2 heterocycles. The molecule has 11 heteroatoms. The first-order valence-electron chi connectivity index (χ1n) is 8.84. The average molecular weight is 442 g/mol. The molecule has 9 nitrogen and oxygen atoms in total. The lowest BCUT2D eigenvalue weighted by molar-refractivity contribution is 0.393. The van der Waals surface area contributed by atoms with E-state index in [0.29, 0.717) is 5.76 Å². The Morgan fingerprint density at radius 3 is 2.34 bits per heavy atom. The minimum Gasteiger partial charge on any atom is -0.504 e. The van der Waals surface area contributed by atoms with Gasteiger partial charge in [0.1, 0.15) is 23.2 Å². The normalized spacial score (nSPS) is 14.8. The van der Waals surface area contributed by atoms with E-state index in [1.54, 1.807) is 0 Å². The number of amidine groups is 2. The van der Waals surface area contributed by atoms with Gasteiger partial charge < -0.3 is 21.0 Å². The summed E-state index contributed by atoms with van der Waals surface area (Å²) in [5, 5.41) is 11.7. The lowest BCUT2D eigenvalue weighted by Crippen LogP contribution is -2.32. The van der Waals surface area contributed by atoms with Crippen LogP contribution in [0.4, 0.5) is 5.69 Å². The molecule has 2 aromatic heterocycles. The minimum atomic E-state index is -3.79. The maximum Gasteiger partial charge on any atom is 0.255 e. The van der Waals surface area contributed by atoms with Crippen molar-refractivity contribution >= 4 is 38.7 Å². The fraction of sp³-hybridized carbons (Fsp3) is 0.444. The van der Waals surface area contributed by atoms with Crippen LogP contribution in [0.3, 0.4) is 0 Å². The number of furan rings is 1. The van der Waals surface area contributed by atoms with E-state index in [0.717, 1.165) is 27.0 Å². The Labute approximate surface area is 174 Å². The Morgan fingerprint density at radius 1 is 1.24 bits per heavy atom. The van der Waals surface area contributed by atoms with Gasteiger partial charge >= 0.3 is 0 Å². The molecular formula is C18H27N5O4S2. The van der Waals surface area contributed by atoms with Crippen molar-refractivity contribution in [2.24, 2.45) is 27.4 Å². The number of nitrogens with zero attached hydrogens (tertiary/aromatic N) is 3. The van der Waals surface area contributed by atoms with E-state index in [1.165, 1.54) is 19.5 Å². The first kappa shape index (κ1) is 22.9. The maximum absolute atomic E-state index is 12.2. The molecule has 0 saturated heterocycles. The highest BCUT2D eigenvalue weighted by atomic mass is 32.2. The number of aryl methyl sites for hydroxylation is 2. The van der Waals surface area contributed by atoms with Crippen molar-refractivity contribution in [1.82, 2.24) is 4.31 Å². The average Bonchev–Trinajstić information content (AvgIpc) is 3.15. The molecule has 0 aliphatic carbocycles. The summed E-state index contributed by atoms with van der Waals surface area (Å²) in [6.45, 7) is 7.77. The van der Waals surface area contributed by atoms with Gasteiger partial charge in [0, 0.05) is 19.5 Å². The largest absolute Gasteiger partial charge is 0.504 e. The van der Waals surface area contributed by atoms with Gasteiger partial charge in [-0.1, -0.05) is 13.8 Å². The third-order valence-electron chi connectivity index (χ3n) is 4.32. The number of hydrogen-bond donors (Lipinski definition) is 3. The number of nitrogens with two attached hydrogens (primary N) is 2. The van der Waals surface area contributed by atoms with Gasteiger partial charge in [0.25, 0.3) is 10.0 Å². The smallest absolute Gasteiger partial charge is 0.255 e. The summed E-state index contributed by atoms with van der Waals surface area (Å²) in [5.41, 5.74) is 13.0. The lowest BCUT2D eigenvalue weighted by atomic mass is 10.0. The molecule has 0 aromatic carbocycles. The van der Waals surface area contributed by atoms with Gasteiger partial charge in [-0.3, -0.25) is 4.99 Å². The van der Waals surface area contributed by atoms with Crippen LogP contribution in [0.25, 0.3) is 0 Å². The van der Waals surface area contributed by atoms with E-state index in [9.17, 15) is 13.5 Å². The molecule has 0 unspecified atom stereocenters. The standard InChI is InChI=1S/C18H27N5O4S2/c1-9(2)14(13-7-10(3)11(4)27-13)22-17(20)16(19)21-12-8-28-18(15(12)24)29(25,26)23(5)6/h7-9,14,24H,1-6H3,(H2,19,21)(H2,20,22)/t14-/m1/s1. The fourth-order valence-electron chi connectivity index (χ4n) is 2.45. The molecule has 5 N–H and O–H groups in total. The third-order valence-corrected chi connectivity index (χ3v) is 7.61.